The Hall–Kier alpha value is -4.39. The van der Waals surface area contributed by atoms with E-state index in [1.165, 1.54) is 0 Å². The van der Waals surface area contributed by atoms with E-state index < -0.39 is 12.0 Å². The van der Waals surface area contributed by atoms with Crippen LogP contribution in [0.5, 0.6) is 5.75 Å². The minimum absolute atomic E-state index is 0.237. The van der Waals surface area contributed by atoms with Crippen molar-refractivity contribution in [3.63, 3.8) is 0 Å². The molecule has 0 saturated heterocycles. The summed E-state index contributed by atoms with van der Waals surface area (Å²) in [6.07, 6.45) is 0.915. The highest BCUT2D eigenvalue weighted by Gasteiger charge is 2.23. The highest BCUT2D eigenvalue weighted by atomic mass is 16.5. The summed E-state index contributed by atoms with van der Waals surface area (Å²) in [4.78, 5) is 29.7. The molecule has 1 N–H and O–H groups in total. The molecule has 1 amide bonds. The van der Waals surface area contributed by atoms with E-state index >= 15 is 0 Å². The molecule has 4 aromatic rings. The summed E-state index contributed by atoms with van der Waals surface area (Å²) in [5, 5.41) is 2.79. The molecule has 0 aliphatic heterocycles. The lowest BCUT2D eigenvalue weighted by molar-refractivity contribution is -0.145. The van der Waals surface area contributed by atoms with Crippen molar-refractivity contribution >= 4 is 11.9 Å². The van der Waals surface area contributed by atoms with Crippen LogP contribution >= 0.6 is 0 Å². The average Bonchev–Trinajstić information content (AvgIpc) is 3.30. The quantitative estimate of drug-likeness (QED) is 0.287. The van der Waals surface area contributed by atoms with Crippen LogP contribution in [0.4, 0.5) is 0 Å². The third-order valence-electron chi connectivity index (χ3n) is 5.80. The van der Waals surface area contributed by atoms with Gasteiger partial charge < -0.3 is 19.2 Å². The number of oxazole rings is 1. The number of nitrogens with zero attached hydrogens (tertiary/aromatic N) is 1. The van der Waals surface area contributed by atoms with Gasteiger partial charge in [-0.2, -0.15) is 0 Å². The van der Waals surface area contributed by atoms with Crippen LogP contribution in [-0.4, -0.2) is 36.1 Å². The van der Waals surface area contributed by atoms with Gasteiger partial charge in [0.15, 0.2) is 0 Å². The number of benzene rings is 3. The molecule has 7 nitrogen and oxygen atoms in total. The molecule has 4 rings (SSSR count). The van der Waals surface area contributed by atoms with Crippen LogP contribution in [0.3, 0.4) is 0 Å². The zero-order valence-electron chi connectivity index (χ0n) is 21.0. The third kappa shape index (κ3) is 7.07. The Kier molecular flexibility index (Phi) is 8.70. The maximum Gasteiger partial charge on any atom is 0.328 e. The Balaban J connectivity index is 1.33. The summed E-state index contributed by atoms with van der Waals surface area (Å²) in [6.45, 7) is 4.32. The lowest BCUT2D eigenvalue weighted by Gasteiger charge is -2.18. The molecule has 190 valence electrons. The number of nitrogens with one attached hydrogen (secondary N) is 1. The lowest BCUT2D eigenvalue weighted by Crippen LogP contribution is -2.43. The van der Waals surface area contributed by atoms with E-state index in [2.05, 4.69) is 10.3 Å². The number of hydrogen-bond acceptors (Lipinski definition) is 6. The summed E-state index contributed by atoms with van der Waals surface area (Å²) >= 11 is 0. The van der Waals surface area contributed by atoms with Crippen molar-refractivity contribution in [3.8, 4) is 17.2 Å². The van der Waals surface area contributed by atoms with Crippen molar-refractivity contribution in [2.24, 2.45) is 0 Å². The van der Waals surface area contributed by atoms with Crippen LogP contribution in [0.2, 0.25) is 0 Å². The van der Waals surface area contributed by atoms with Crippen molar-refractivity contribution in [1.29, 1.82) is 0 Å². The second kappa shape index (κ2) is 12.5. The fourth-order valence-electron chi connectivity index (χ4n) is 3.85. The smallest absolute Gasteiger partial charge is 0.328 e. The van der Waals surface area contributed by atoms with E-state index in [0.29, 0.717) is 36.7 Å². The van der Waals surface area contributed by atoms with Gasteiger partial charge in [0.05, 0.1) is 18.9 Å². The molecule has 0 fully saturated rings. The topological polar surface area (TPSA) is 90.7 Å². The molecule has 0 aliphatic rings. The predicted molar refractivity (Wildman–Crippen MR) is 140 cm³/mol. The molecular weight excluding hydrogens is 468 g/mol. The standard InChI is InChI=1S/C30H30N2O5/c1-3-35-30(34)27(31-28(33)23-10-6-4-7-11-23)20-22-14-16-25(17-15-22)36-19-18-26-21(2)37-29(32-26)24-12-8-5-9-13-24/h4-17,27H,3,18-20H2,1-2H3,(H,31,33). The van der Waals surface area contributed by atoms with Gasteiger partial charge in [-0.3, -0.25) is 4.79 Å². The van der Waals surface area contributed by atoms with Gasteiger partial charge in [0.1, 0.15) is 17.6 Å². The maximum atomic E-state index is 12.6. The molecule has 37 heavy (non-hydrogen) atoms. The number of amides is 1. The summed E-state index contributed by atoms with van der Waals surface area (Å²) in [5.74, 6) is 1.30. The van der Waals surface area contributed by atoms with E-state index in [0.717, 1.165) is 22.6 Å². The fourth-order valence-corrected chi connectivity index (χ4v) is 3.85. The van der Waals surface area contributed by atoms with Gasteiger partial charge in [-0.15, -0.1) is 0 Å². The molecule has 1 aromatic heterocycles. The normalized spacial score (nSPS) is 11.5. The third-order valence-corrected chi connectivity index (χ3v) is 5.80. The number of carbonyl (C=O) groups excluding carboxylic acids is 2. The minimum Gasteiger partial charge on any atom is -0.493 e. The number of carbonyl (C=O) groups is 2. The van der Waals surface area contributed by atoms with Crippen LogP contribution in [0.1, 0.15) is 34.3 Å². The molecular formula is C30H30N2O5. The molecule has 7 heteroatoms. The van der Waals surface area contributed by atoms with E-state index in [1.54, 1.807) is 31.2 Å². The number of ether oxygens (including phenoxy) is 2. The van der Waals surface area contributed by atoms with Crippen LogP contribution < -0.4 is 10.1 Å². The van der Waals surface area contributed by atoms with Gasteiger partial charge in [-0.1, -0.05) is 48.5 Å². The Morgan fingerprint density at radius 1 is 0.946 bits per heavy atom. The monoisotopic (exact) mass is 498 g/mol. The molecule has 3 aromatic carbocycles. The molecule has 1 heterocycles. The highest BCUT2D eigenvalue weighted by molar-refractivity contribution is 5.96. The molecule has 0 radical (unpaired) electrons. The van der Waals surface area contributed by atoms with E-state index in [1.807, 2.05) is 67.6 Å². The number of hydrogen-bond donors (Lipinski definition) is 1. The number of aromatic nitrogens is 1. The van der Waals surface area contributed by atoms with Crippen molar-refractivity contribution in [1.82, 2.24) is 10.3 Å². The summed E-state index contributed by atoms with van der Waals surface area (Å²) in [6, 6.07) is 25.2. The summed E-state index contributed by atoms with van der Waals surface area (Å²) in [5.41, 5.74) is 3.16. The summed E-state index contributed by atoms with van der Waals surface area (Å²) < 4.78 is 16.9. The van der Waals surface area contributed by atoms with Gasteiger partial charge in [0, 0.05) is 24.0 Å². The van der Waals surface area contributed by atoms with E-state index in [9.17, 15) is 9.59 Å². The van der Waals surface area contributed by atoms with Crippen molar-refractivity contribution in [3.05, 3.63) is 108 Å². The first-order valence-electron chi connectivity index (χ1n) is 12.3. The van der Waals surface area contributed by atoms with Gasteiger partial charge >= 0.3 is 5.97 Å². The van der Waals surface area contributed by atoms with Gasteiger partial charge in [0.25, 0.3) is 5.91 Å². The van der Waals surface area contributed by atoms with E-state index in [4.69, 9.17) is 13.9 Å². The van der Waals surface area contributed by atoms with Crippen LogP contribution in [-0.2, 0) is 22.4 Å². The molecule has 0 aliphatic carbocycles. The summed E-state index contributed by atoms with van der Waals surface area (Å²) in [7, 11) is 0. The van der Waals surface area contributed by atoms with E-state index in [-0.39, 0.29) is 12.5 Å². The SMILES string of the molecule is CCOC(=O)C(Cc1ccc(OCCc2nc(-c3ccccc3)oc2C)cc1)NC(=O)c1ccccc1. The Bertz CT molecular complexity index is 1300. The van der Waals surface area contributed by atoms with Gasteiger partial charge in [-0.05, 0) is 55.8 Å². The first-order chi connectivity index (χ1) is 18.0. The zero-order valence-corrected chi connectivity index (χ0v) is 21.0. The Morgan fingerprint density at radius 3 is 2.30 bits per heavy atom. The minimum atomic E-state index is -0.798. The molecule has 1 unspecified atom stereocenters. The Labute approximate surface area is 216 Å². The second-order valence-corrected chi connectivity index (χ2v) is 8.48. The number of esters is 1. The number of rotatable bonds is 11. The van der Waals surface area contributed by atoms with Crippen molar-refractivity contribution < 1.29 is 23.5 Å². The highest BCUT2D eigenvalue weighted by Crippen LogP contribution is 2.22. The lowest BCUT2D eigenvalue weighted by atomic mass is 10.0. The van der Waals surface area contributed by atoms with Crippen LogP contribution in [0.25, 0.3) is 11.5 Å². The number of aryl methyl sites for hydroxylation is 1. The Morgan fingerprint density at radius 2 is 1.62 bits per heavy atom. The first kappa shape index (κ1) is 25.7. The van der Waals surface area contributed by atoms with Crippen molar-refractivity contribution in [2.45, 2.75) is 32.7 Å². The first-order valence-corrected chi connectivity index (χ1v) is 12.3. The fraction of sp³-hybridized carbons (Fsp3) is 0.233. The average molecular weight is 499 g/mol. The van der Waals surface area contributed by atoms with Gasteiger partial charge in [0.2, 0.25) is 5.89 Å². The predicted octanol–water partition coefficient (Wildman–Crippen LogP) is 5.18. The molecule has 1 atom stereocenters. The second-order valence-electron chi connectivity index (χ2n) is 8.48. The maximum absolute atomic E-state index is 12.6. The van der Waals surface area contributed by atoms with Crippen LogP contribution in [0.15, 0.2) is 89.3 Å². The zero-order chi connectivity index (χ0) is 26.0. The van der Waals surface area contributed by atoms with Gasteiger partial charge in [-0.25, -0.2) is 9.78 Å². The molecule has 0 bridgehead atoms. The van der Waals surface area contributed by atoms with Crippen LogP contribution in [0, 0.1) is 6.92 Å². The molecule has 0 spiro atoms. The largest absolute Gasteiger partial charge is 0.493 e. The van der Waals surface area contributed by atoms with Crippen molar-refractivity contribution in [2.75, 3.05) is 13.2 Å². The molecule has 0 saturated carbocycles.